The molecule has 186 valence electrons. The lowest BCUT2D eigenvalue weighted by Gasteiger charge is -2.32. The molecule has 2 amide bonds. The van der Waals surface area contributed by atoms with E-state index in [1.54, 1.807) is 32.0 Å². The zero-order valence-electron chi connectivity index (χ0n) is 18.7. The first-order valence-corrected chi connectivity index (χ1v) is 12.3. The van der Waals surface area contributed by atoms with Crippen LogP contribution >= 0.6 is 35.0 Å². The fraction of sp³-hybridized carbons (Fsp3) is 0.333. The lowest BCUT2D eigenvalue weighted by atomic mass is 9.87. The molecule has 0 spiro atoms. The predicted octanol–water partition coefficient (Wildman–Crippen LogP) is 6.13. The Morgan fingerprint density at radius 1 is 1.23 bits per heavy atom. The van der Waals surface area contributed by atoms with Crippen LogP contribution in [0.15, 0.2) is 41.8 Å². The van der Waals surface area contributed by atoms with Gasteiger partial charge in [0.1, 0.15) is 17.4 Å². The number of allylic oxidation sites excluding steroid dienone is 1. The first kappa shape index (κ1) is 25.9. The van der Waals surface area contributed by atoms with Gasteiger partial charge >= 0.3 is 6.18 Å². The number of halogens is 5. The molecule has 2 heterocycles. The topological polar surface area (TPSA) is 58.6 Å². The third kappa shape index (κ3) is 4.91. The molecular formula is C24H21Cl2F3N2O3S. The summed E-state index contributed by atoms with van der Waals surface area (Å²) < 4.78 is 40.8. The average Bonchev–Trinajstić information content (AvgIpc) is 3.38. The van der Waals surface area contributed by atoms with Gasteiger partial charge in [0.25, 0.3) is 11.8 Å². The lowest BCUT2D eigenvalue weighted by molar-refractivity contribution is -0.160. The average molecular weight is 545 g/mol. The molecule has 2 aliphatic rings. The van der Waals surface area contributed by atoms with Gasteiger partial charge in [0.15, 0.2) is 0 Å². The van der Waals surface area contributed by atoms with Gasteiger partial charge in [0.05, 0.1) is 0 Å². The molecule has 35 heavy (non-hydrogen) atoms. The van der Waals surface area contributed by atoms with Crippen LogP contribution in [0.3, 0.4) is 0 Å². The quantitative estimate of drug-likeness (QED) is 0.491. The summed E-state index contributed by atoms with van der Waals surface area (Å²) in [6.07, 6.45) is -4.88. The van der Waals surface area contributed by atoms with E-state index in [9.17, 15) is 22.8 Å². The molecule has 1 fully saturated rings. The minimum Gasteiger partial charge on any atom is -0.338 e. The summed E-state index contributed by atoms with van der Waals surface area (Å²) >= 11 is 12.7. The molecule has 1 unspecified atom stereocenters. The van der Waals surface area contributed by atoms with Crippen molar-refractivity contribution in [2.45, 2.75) is 37.2 Å². The van der Waals surface area contributed by atoms with Crippen LogP contribution in [0.25, 0.3) is 5.57 Å². The molecule has 1 saturated heterocycles. The summed E-state index contributed by atoms with van der Waals surface area (Å²) in [6.45, 7) is 3.87. The van der Waals surface area contributed by atoms with Gasteiger partial charge in [0, 0.05) is 28.6 Å². The molecule has 0 bridgehead atoms. The molecule has 2 aromatic carbocycles. The van der Waals surface area contributed by atoms with Crippen LogP contribution < -0.4 is 5.32 Å². The Hall–Kier alpha value is -2.20. The fourth-order valence-corrected chi connectivity index (χ4v) is 5.87. The van der Waals surface area contributed by atoms with Gasteiger partial charge < -0.3 is 5.32 Å². The number of hydroxylamine groups is 2. The van der Waals surface area contributed by atoms with Crippen LogP contribution in [0.2, 0.25) is 10.0 Å². The number of hydrogen-bond donors (Lipinski definition) is 1. The van der Waals surface area contributed by atoms with Crippen molar-refractivity contribution >= 4 is 52.4 Å². The minimum atomic E-state index is -4.57. The van der Waals surface area contributed by atoms with E-state index in [4.69, 9.17) is 28.0 Å². The summed E-state index contributed by atoms with van der Waals surface area (Å²) in [6, 6.07) is 8.01. The number of carbonyl (C=O) groups excluding carboxylic acids is 2. The van der Waals surface area contributed by atoms with Crippen molar-refractivity contribution in [3.8, 4) is 0 Å². The summed E-state index contributed by atoms with van der Waals surface area (Å²) in [5.74, 6) is -0.783. The van der Waals surface area contributed by atoms with E-state index in [1.807, 2.05) is 0 Å². The number of hydrogen-bond acceptors (Lipinski definition) is 4. The molecule has 2 aromatic rings. The third-order valence-corrected chi connectivity index (χ3v) is 7.86. The maximum Gasteiger partial charge on any atom is 0.407 e. The van der Waals surface area contributed by atoms with Crippen LogP contribution in [-0.4, -0.2) is 42.2 Å². The number of amides is 2. The molecular weight excluding hydrogens is 524 g/mol. The van der Waals surface area contributed by atoms with E-state index in [1.165, 1.54) is 28.7 Å². The molecule has 0 radical (unpaired) electrons. The van der Waals surface area contributed by atoms with Crippen molar-refractivity contribution in [1.82, 2.24) is 10.4 Å². The standard InChI is InChI=1S/C24H21Cl2F3N2O3S/c1-3-31-22(33)20(11-34-31)30-21(32)19-5-4-14(6-13(19)2)15-10-23(35-12-15,24(27,28)29)16-7-17(25)9-18(26)8-16/h4-9,12,20H,3,10-11H2,1-2H3,(H,30,32)/t20-,23?/m1/s1. The van der Waals surface area contributed by atoms with E-state index in [0.29, 0.717) is 40.6 Å². The van der Waals surface area contributed by atoms with Crippen LogP contribution in [0.4, 0.5) is 13.2 Å². The Kier molecular flexibility index (Phi) is 7.16. The highest BCUT2D eigenvalue weighted by molar-refractivity contribution is 8.03. The Morgan fingerprint density at radius 2 is 1.91 bits per heavy atom. The number of aryl methyl sites for hydroxylation is 1. The first-order chi connectivity index (χ1) is 16.4. The molecule has 1 N–H and O–H groups in total. The van der Waals surface area contributed by atoms with Crippen LogP contribution in [0.5, 0.6) is 0 Å². The van der Waals surface area contributed by atoms with Crippen molar-refractivity contribution in [3.63, 3.8) is 0 Å². The minimum absolute atomic E-state index is 0.0176. The third-order valence-electron chi connectivity index (χ3n) is 6.00. The molecule has 0 aliphatic carbocycles. The fourth-order valence-electron chi connectivity index (χ4n) is 4.16. The highest BCUT2D eigenvalue weighted by Crippen LogP contribution is 2.60. The molecule has 11 heteroatoms. The van der Waals surface area contributed by atoms with Gasteiger partial charge in [0.2, 0.25) is 0 Å². The largest absolute Gasteiger partial charge is 0.407 e. The second-order valence-corrected chi connectivity index (χ2v) is 10.3. The van der Waals surface area contributed by atoms with Gasteiger partial charge in [-0.25, -0.2) is 5.06 Å². The number of benzene rings is 2. The van der Waals surface area contributed by atoms with Gasteiger partial charge in [-0.1, -0.05) is 35.3 Å². The summed E-state index contributed by atoms with van der Waals surface area (Å²) in [5, 5.41) is 5.59. The van der Waals surface area contributed by atoms with Crippen molar-refractivity contribution in [1.29, 1.82) is 0 Å². The molecule has 2 atom stereocenters. The Labute approximate surface area is 214 Å². The van der Waals surface area contributed by atoms with Crippen LogP contribution in [0, 0.1) is 6.92 Å². The van der Waals surface area contributed by atoms with E-state index < -0.39 is 22.9 Å². The molecule has 0 saturated carbocycles. The number of alkyl halides is 3. The maximum atomic E-state index is 14.3. The number of nitrogens with one attached hydrogen (secondary N) is 1. The second-order valence-electron chi connectivity index (χ2n) is 8.31. The number of carbonyl (C=O) groups is 2. The monoisotopic (exact) mass is 544 g/mol. The van der Waals surface area contributed by atoms with Gasteiger partial charge in [-0.05, 0) is 65.8 Å². The van der Waals surface area contributed by atoms with Crippen molar-refractivity contribution in [3.05, 3.63) is 74.1 Å². The van der Waals surface area contributed by atoms with Crippen LogP contribution in [-0.2, 0) is 14.4 Å². The summed E-state index contributed by atoms with van der Waals surface area (Å²) in [4.78, 5) is 30.2. The molecule has 4 rings (SSSR count). The Balaban J connectivity index is 1.56. The Bertz CT molecular complexity index is 1200. The normalized spacial score (nSPS) is 22.5. The van der Waals surface area contributed by atoms with E-state index in [-0.39, 0.29) is 34.5 Å². The molecule has 5 nitrogen and oxygen atoms in total. The smallest absolute Gasteiger partial charge is 0.338 e. The van der Waals surface area contributed by atoms with Crippen LogP contribution in [0.1, 0.15) is 40.4 Å². The van der Waals surface area contributed by atoms with Crippen molar-refractivity contribution in [2.24, 2.45) is 0 Å². The van der Waals surface area contributed by atoms with Gasteiger partial charge in [-0.15, -0.1) is 11.8 Å². The highest BCUT2D eigenvalue weighted by Gasteiger charge is 2.58. The molecule has 2 aliphatic heterocycles. The predicted molar refractivity (Wildman–Crippen MR) is 130 cm³/mol. The second kappa shape index (κ2) is 9.69. The van der Waals surface area contributed by atoms with Crippen molar-refractivity contribution < 1.29 is 27.6 Å². The highest BCUT2D eigenvalue weighted by atomic mass is 35.5. The lowest BCUT2D eigenvalue weighted by Crippen LogP contribution is -2.42. The first-order valence-electron chi connectivity index (χ1n) is 10.7. The molecule has 0 aromatic heterocycles. The Morgan fingerprint density at radius 3 is 2.49 bits per heavy atom. The summed E-state index contributed by atoms with van der Waals surface area (Å²) in [7, 11) is 0. The zero-order valence-corrected chi connectivity index (χ0v) is 21.0. The number of thioether (sulfide) groups is 1. The van der Waals surface area contributed by atoms with E-state index >= 15 is 0 Å². The van der Waals surface area contributed by atoms with E-state index in [0.717, 1.165) is 0 Å². The number of likely N-dealkylation sites (N-methyl/N-ethyl adjacent to an activating group) is 1. The number of rotatable bonds is 5. The SMILES string of the molecule is CCN1OC[C@@H](NC(=O)c2ccc(C3=CSC(c4cc(Cl)cc(Cl)c4)(C(F)(F)F)C3)cc2C)C1=O. The number of nitrogens with zero attached hydrogens (tertiary/aromatic N) is 1. The zero-order chi connectivity index (χ0) is 25.5. The summed E-state index contributed by atoms with van der Waals surface area (Å²) in [5.41, 5.74) is 1.93. The van der Waals surface area contributed by atoms with E-state index in [2.05, 4.69) is 5.32 Å². The van der Waals surface area contributed by atoms with Crippen molar-refractivity contribution in [2.75, 3.05) is 13.2 Å². The maximum absolute atomic E-state index is 14.3. The van der Waals surface area contributed by atoms with Gasteiger partial charge in [-0.3, -0.25) is 14.4 Å². The van der Waals surface area contributed by atoms with Gasteiger partial charge in [-0.2, -0.15) is 13.2 Å².